The Morgan fingerprint density at radius 1 is 1.32 bits per heavy atom. The number of allylic oxidation sites excluding steroid dienone is 1. The number of carbonyl (C=O) groups excluding carboxylic acids is 1. The van der Waals surface area contributed by atoms with Crippen molar-refractivity contribution in [3.63, 3.8) is 0 Å². The van der Waals surface area contributed by atoms with Crippen LogP contribution in [0.5, 0.6) is 0 Å². The maximum absolute atomic E-state index is 13.3. The third-order valence-electron chi connectivity index (χ3n) is 2.64. The molecule has 1 aromatic rings. The number of carbonyl (C=O) groups is 1. The van der Waals surface area contributed by atoms with Crippen LogP contribution in [0, 0.1) is 0 Å². The number of benzene rings is 1. The van der Waals surface area contributed by atoms with E-state index in [0.29, 0.717) is 17.8 Å². The summed E-state index contributed by atoms with van der Waals surface area (Å²) in [5.41, 5.74) is 1.79. The van der Waals surface area contributed by atoms with Crippen LogP contribution in [0.2, 0.25) is 0 Å². The molecule has 2 N–H and O–H groups in total. The lowest BCUT2D eigenvalue weighted by Crippen LogP contribution is -2.21. The number of aliphatic hydroxyl groups is 1. The van der Waals surface area contributed by atoms with E-state index in [1.165, 1.54) is 0 Å². The van der Waals surface area contributed by atoms with Gasteiger partial charge in [-0.2, -0.15) is 0 Å². The van der Waals surface area contributed by atoms with Gasteiger partial charge in [0.25, 0.3) is 5.91 Å². The summed E-state index contributed by atoms with van der Waals surface area (Å²) in [4.78, 5) is 13.4. The van der Waals surface area contributed by atoms with Gasteiger partial charge < -0.3 is 15.3 Å². The van der Waals surface area contributed by atoms with Crippen LogP contribution in [0.3, 0.4) is 0 Å². The molecule has 4 nitrogen and oxygen atoms in total. The van der Waals surface area contributed by atoms with E-state index in [4.69, 9.17) is 5.11 Å². The van der Waals surface area contributed by atoms with Gasteiger partial charge in [-0.05, 0) is 43.7 Å². The summed E-state index contributed by atoms with van der Waals surface area (Å²) in [6.07, 6.45) is 0. The normalized spacial score (nSPS) is 9.95. The van der Waals surface area contributed by atoms with Crippen LogP contribution < -0.4 is 10.2 Å². The van der Waals surface area contributed by atoms with E-state index in [1.54, 1.807) is 38.1 Å². The molecule has 1 rings (SSSR count). The fraction of sp³-hybridized carbons (Fsp3) is 0.357. The van der Waals surface area contributed by atoms with Crippen LogP contribution in [-0.2, 0) is 4.79 Å². The summed E-state index contributed by atoms with van der Waals surface area (Å²) in [7, 11) is 1.85. The molecule has 0 saturated heterocycles. The van der Waals surface area contributed by atoms with E-state index < -0.39 is 11.7 Å². The van der Waals surface area contributed by atoms with Crippen LogP contribution in [0.1, 0.15) is 13.8 Å². The molecule has 0 heterocycles. The number of halogens is 1. The number of anilines is 2. The van der Waals surface area contributed by atoms with Crippen LogP contribution in [0.25, 0.3) is 0 Å². The highest BCUT2D eigenvalue weighted by Gasteiger charge is 2.10. The molecule has 19 heavy (non-hydrogen) atoms. The highest BCUT2D eigenvalue weighted by atomic mass is 19.1. The molecule has 0 saturated carbocycles. The second kappa shape index (κ2) is 6.89. The van der Waals surface area contributed by atoms with E-state index in [9.17, 15) is 9.18 Å². The molecule has 0 aliphatic heterocycles. The van der Waals surface area contributed by atoms with Gasteiger partial charge in [-0.1, -0.05) is 0 Å². The maximum Gasteiger partial charge on any atom is 0.284 e. The monoisotopic (exact) mass is 266 g/mol. The Balaban J connectivity index is 2.73. The average Bonchev–Trinajstić information content (AvgIpc) is 2.38. The summed E-state index contributed by atoms with van der Waals surface area (Å²) in [5.74, 6) is -1.50. The summed E-state index contributed by atoms with van der Waals surface area (Å²) in [5, 5.41) is 11.3. The minimum Gasteiger partial charge on any atom is -0.395 e. The van der Waals surface area contributed by atoms with Crippen LogP contribution >= 0.6 is 0 Å². The number of likely N-dealkylation sites (N-methyl/N-ethyl adjacent to an activating group) is 1. The fourth-order valence-corrected chi connectivity index (χ4v) is 1.49. The van der Waals surface area contributed by atoms with Crippen molar-refractivity contribution in [1.29, 1.82) is 0 Å². The number of hydrogen-bond donors (Lipinski definition) is 2. The molecule has 0 spiro atoms. The summed E-state index contributed by atoms with van der Waals surface area (Å²) < 4.78 is 13.3. The van der Waals surface area contributed by atoms with Crippen molar-refractivity contribution in [2.75, 3.05) is 30.4 Å². The van der Waals surface area contributed by atoms with Crippen LogP contribution in [-0.4, -0.2) is 31.2 Å². The second-order valence-electron chi connectivity index (χ2n) is 4.46. The van der Waals surface area contributed by atoms with Crippen molar-refractivity contribution >= 4 is 17.3 Å². The van der Waals surface area contributed by atoms with Gasteiger partial charge in [0.15, 0.2) is 5.83 Å². The molecule has 1 aromatic carbocycles. The lowest BCUT2D eigenvalue weighted by molar-refractivity contribution is -0.114. The molecule has 0 radical (unpaired) electrons. The molecule has 0 aromatic heterocycles. The lowest BCUT2D eigenvalue weighted by Gasteiger charge is -2.18. The summed E-state index contributed by atoms with van der Waals surface area (Å²) >= 11 is 0. The van der Waals surface area contributed by atoms with Gasteiger partial charge >= 0.3 is 0 Å². The molecule has 1 amide bonds. The first-order chi connectivity index (χ1) is 8.95. The molecule has 0 atom stereocenters. The summed E-state index contributed by atoms with van der Waals surface area (Å²) in [6, 6.07) is 6.98. The highest BCUT2D eigenvalue weighted by Crippen LogP contribution is 2.17. The number of aliphatic hydroxyl groups excluding tert-OH is 1. The Bertz CT molecular complexity index is 465. The molecule has 5 heteroatoms. The van der Waals surface area contributed by atoms with E-state index in [0.717, 1.165) is 5.69 Å². The van der Waals surface area contributed by atoms with Crippen molar-refractivity contribution in [2.24, 2.45) is 0 Å². The Labute approximate surface area is 112 Å². The molecule has 0 fully saturated rings. The van der Waals surface area contributed by atoms with Gasteiger partial charge in [0.05, 0.1) is 6.61 Å². The van der Waals surface area contributed by atoms with Crippen molar-refractivity contribution in [1.82, 2.24) is 0 Å². The standard InChI is InChI=1S/C14H19FN2O2/c1-10(2)13(15)14(19)16-11-4-6-12(7-5-11)17(3)8-9-18/h4-7,18H,8-9H2,1-3H3,(H,16,19). The predicted octanol–water partition coefficient (Wildman–Crippen LogP) is 2.32. The van der Waals surface area contributed by atoms with Gasteiger partial charge in [-0.25, -0.2) is 4.39 Å². The van der Waals surface area contributed by atoms with E-state index in [2.05, 4.69) is 5.32 Å². The number of hydrogen-bond acceptors (Lipinski definition) is 3. The second-order valence-corrected chi connectivity index (χ2v) is 4.46. The molecular weight excluding hydrogens is 247 g/mol. The Kier molecular flexibility index (Phi) is 5.51. The quantitative estimate of drug-likeness (QED) is 0.804. The highest BCUT2D eigenvalue weighted by molar-refractivity contribution is 6.02. The van der Waals surface area contributed by atoms with Crippen molar-refractivity contribution in [2.45, 2.75) is 13.8 Å². The number of nitrogens with one attached hydrogen (secondary N) is 1. The van der Waals surface area contributed by atoms with Gasteiger partial charge in [0, 0.05) is 25.0 Å². The molecular formula is C14H19FN2O2. The number of nitrogens with zero attached hydrogens (tertiary/aromatic N) is 1. The van der Waals surface area contributed by atoms with Gasteiger partial charge in [0.2, 0.25) is 0 Å². The zero-order valence-electron chi connectivity index (χ0n) is 11.4. The van der Waals surface area contributed by atoms with E-state index in [1.807, 2.05) is 11.9 Å². The third-order valence-corrected chi connectivity index (χ3v) is 2.64. The maximum atomic E-state index is 13.3. The Hall–Kier alpha value is -1.88. The SMILES string of the molecule is CC(C)=C(F)C(=O)Nc1ccc(N(C)CCO)cc1. The van der Waals surface area contributed by atoms with Gasteiger partial charge in [0.1, 0.15) is 0 Å². The van der Waals surface area contributed by atoms with Gasteiger partial charge in [-0.3, -0.25) is 4.79 Å². The van der Waals surface area contributed by atoms with Crippen LogP contribution in [0.4, 0.5) is 15.8 Å². The van der Waals surface area contributed by atoms with E-state index >= 15 is 0 Å². The van der Waals surface area contributed by atoms with Crippen molar-refractivity contribution in [3.8, 4) is 0 Å². The topological polar surface area (TPSA) is 52.6 Å². The predicted molar refractivity (Wildman–Crippen MR) is 74.9 cm³/mol. The summed E-state index contributed by atoms with van der Waals surface area (Å²) in [6.45, 7) is 3.68. The Morgan fingerprint density at radius 3 is 2.37 bits per heavy atom. The average molecular weight is 266 g/mol. The Morgan fingerprint density at radius 2 is 1.89 bits per heavy atom. The van der Waals surface area contributed by atoms with E-state index in [-0.39, 0.29) is 6.61 Å². The number of amides is 1. The zero-order valence-corrected chi connectivity index (χ0v) is 11.4. The molecule has 0 aliphatic carbocycles. The molecule has 104 valence electrons. The fourth-order valence-electron chi connectivity index (χ4n) is 1.49. The largest absolute Gasteiger partial charge is 0.395 e. The zero-order chi connectivity index (χ0) is 14.4. The first-order valence-electron chi connectivity index (χ1n) is 6.02. The molecule has 0 unspecified atom stereocenters. The molecule has 0 bridgehead atoms. The smallest absolute Gasteiger partial charge is 0.284 e. The molecule has 0 aliphatic rings. The minimum absolute atomic E-state index is 0.0702. The van der Waals surface area contributed by atoms with Crippen LogP contribution in [0.15, 0.2) is 35.7 Å². The first-order valence-corrected chi connectivity index (χ1v) is 6.02. The number of rotatable bonds is 5. The first kappa shape index (κ1) is 15.2. The van der Waals surface area contributed by atoms with Crippen molar-refractivity contribution in [3.05, 3.63) is 35.7 Å². The van der Waals surface area contributed by atoms with Gasteiger partial charge in [-0.15, -0.1) is 0 Å². The minimum atomic E-state index is -0.763. The van der Waals surface area contributed by atoms with Crippen molar-refractivity contribution < 1.29 is 14.3 Å². The lowest BCUT2D eigenvalue weighted by atomic mass is 10.2. The third kappa shape index (κ3) is 4.37.